The molecule has 1 amide bonds. The fourth-order valence-corrected chi connectivity index (χ4v) is 2.39. The number of rotatable bonds is 7. The average molecular weight is 307 g/mol. The Morgan fingerprint density at radius 3 is 2.73 bits per heavy atom. The maximum atomic E-state index is 12.0. The standard InChI is InChI=1S/C16H21NO5/c18-15(17-8-4-5-13(11-17)16(19)20)12-21-9-10-22-14-6-2-1-3-7-14/h1-3,6-7,13H,4-5,8-12H2,(H,19,20). The summed E-state index contributed by atoms with van der Waals surface area (Å²) in [6, 6.07) is 9.38. The second-order valence-corrected chi connectivity index (χ2v) is 5.23. The lowest BCUT2D eigenvalue weighted by molar-refractivity contribution is -0.147. The number of carboxylic acid groups (broad SMARTS) is 1. The van der Waals surface area contributed by atoms with Gasteiger partial charge in [-0.3, -0.25) is 9.59 Å². The number of amides is 1. The Bertz CT molecular complexity index is 491. The van der Waals surface area contributed by atoms with E-state index >= 15 is 0 Å². The number of hydrogen-bond acceptors (Lipinski definition) is 4. The van der Waals surface area contributed by atoms with Crippen LogP contribution in [0.15, 0.2) is 30.3 Å². The van der Waals surface area contributed by atoms with Gasteiger partial charge >= 0.3 is 5.97 Å². The molecule has 1 fully saturated rings. The molecular formula is C16H21NO5. The van der Waals surface area contributed by atoms with Crippen molar-refractivity contribution >= 4 is 11.9 Å². The van der Waals surface area contributed by atoms with Gasteiger partial charge in [0.2, 0.25) is 5.91 Å². The van der Waals surface area contributed by atoms with Crippen LogP contribution in [0.3, 0.4) is 0 Å². The molecule has 0 radical (unpaired) electrons. The van der Waals surface area contributed by atoms with Crippen molar-refractivity contribution in [2.24, 2.45) is 5.92 Å². The largest absolute Gasteiger partial charge is 0.491 e. The molecule has 2 rings (SSSR count). The van der Waals surface area contributed by atoms with Gasteiger partial charge in [-0.15, -0.1) is 0 Å². The summed E-state index contributed by atoms with van der Waals surface area (Å²) < 4.78 is 10.8. The zero-order valence-electron chi connectivity index (χ0n) is 12.4. The Balaban J connectivity index is 1.62. The third-order valence-electron chi connectivity index (χ3n) is 3.59. The molecular weight excluding hydrogens is 286 g/mol. The van der Waals surface area contributed by atoms with Crippen LogP contribution in [0.25, 0.3) is 0 Å². The fraction of sp³-hybridized carbons (Fsp3) is 0.500. The summed E-state index contributed by atoms with van der Waals surface area (Å²) in [6.07, 6.45) is 1.35. The van der Waals surface area contributed by atoms with Crippen molar-refractivity contribution in [1.29, 1.82) is 0 Å². The number of carboxylic acids is 1. The van der Waals surface area contributed by atoms with E-state index in [0.29, 0.717) is 26.2 Å². The zero-order chi connectivity index (χ0) is 15.8. The highest BCUT2D eigenvalue weighted by molar-refractivity contribution is 5.79. The first-order valence-corrected chi connectivity index (χ1v) is 7.43. The maximum absolute atomic E-state index is 12.0. The minimum Gasteiger partial charge on any atom is -0.491 e. The zero-order valence-corrected chi connectivity index (χ0v) is 12.4. The van der Waals surface area contributed by atoms with E-state index < -0.39 is 11.9 Å². The molecule has 1 aromatic carbocycles. The molecule has 1 saturated heterocycles. The van der Waals surface area contributed by atoms with Crippen LogP contribution in [0.5, 0.6) is 5.75 Å². The first-order valence-electron chi connectivity index (χ1n) is 7.43. The molecule has 22 heavy (non-hydrogen) atoms. The maximum Gasteiger partial charge on any atom is 0.308 e. The van der Waals surface area contributed by atoms with Gasteiger partial charge in [0.05, 0.1) is 12.5 Å². The summed E-state index contributed by atoms with van der Waals surface area (Å²) in [5.74, 6) is -0.697. The third kappa shape index (κ3) is 5.04. The second kappa shape index (κ2) is 8.38. The second-order valence-electron chi connectivity index (χ2n) is 5.23. The molecule has 0 spiro atoms. The summed E-state index contributed by atoms with van der Waals surface area (Å²) >= 11 is 0. The molecule has 1 aliphatic rings. The molecule has 0 saturated carbocycles. The molecule has 6 heteroatoms. The lowest BCUT2D eigenvalue weighted by atomic mass is 9.98. The lowest BCUT2D eigenvalue weighted by Gasteiger charge is -2.30. The van der Waals surface area contributed by atoms with Gasteiger partial charge in [0.25, 0.3) is 0 Å². The molecule has 6 nitrogen and oxygen atoms in total. The molecule has 1 heterocycles. The topological polar surface area (TPSA) is 76.1 Å². The number of carbonyl (C=O) groups excluding carboxylic acids is 1. The smallest absolute Gasteiger partial charge is 0.308 e. The van der Waals surface area contributed by atoms with Gasteiger partial charge in [0.1, 0.15) is 19.0 Å². The van der Waals surface area contributed by atoms with Gasteiger partial charge in [-0.1, -0.05) is 18.2 Å². The molecule has 1 aromatic rings. The predicted molar refractivity (Wildman–Crippen MR) is 79.7 cm³/mol. The van der Waals surface area contributed by atoms with Crippen molar-refractivity contribution in [3.63, 3.8) is 0 Å². The van der Waals surface area contributed by atoms with Crippen molar-refractivity contribution in [2.75, 3.05) is 32.9 Å². The van der Waals surface area contributed by atoms with Crippen LogP contribution in [-0.4, -0.2) is 54.8 Å². The van der Waals surface area contributed by atoms with E-state index in [4.69, 9.17) is 14.6 Å². The average Bonchev–Trinajstić information content (AvgIpc) is 2.55. The van der Waals surface area contributed by atoms with Crippen LogP contribution in [-0.2, 0) is 14.3 Å². The quantitative estimate of drug-likeness (QED) is 0.771. The van der Waals surface area contributed by atoms with Gasteiger partial charge in [-0.25, -0.2) is 0 Å². The molecule has 120 valence electrons. The highest BCUT2D eigenvalue weighted by Gasteiger charge is 2.27. The van der Waals surface area contributed by atoms with Crippen LogP contribution >= 0.6 is 0 Å². The molecule has 1 aliphatic heterocycles. The summed E-state index contributed by atoms with van der Waals surface area (Å²) in [5.41, 5.74) is 0. The van der Waals surface area contributed by atoms with Crippen molar-refractivity contribution in [1.82, 2.24) is 4.90 Å². The minimum absolute atomic E-state index is 0.0372. The lowest BCUT2D eigenvalue weighted by Crippen LogP contribution is -2.43. The number of ether oxygens (including phenoxy) is 2. The molecule has 0 bridgehead atoms. The number of aliphatic carboxylic acids is 1. The van der Waals surface area contributed by atoms with E-state index in [2.05, 4.69) is 0 Å². The van der Waals surface area contributed by atoms with Crippen LogP contribution in [0.1, 0.15) is 12.8 Å². The highest BCUT2D eigenvalue weighted by atomic mass is 16.5. The summed E-state index contributed by atoms with van der Waals surface area (Å²) in [4.78, 5) is 24.5. The van der Waals surface area contributed by atoms with E-state index in [-0.39, 0.29) is 19.1 Å². The van der Waals surface area contributed by atoms with Crippen molar-refractivity contribution < 1.29 is 24.2 Å². The Kier molecular flexibility index (Phi) is 6.21. The van der Waals surface area contributed by atoms with E-state index in [1.807, 2.05) is 30.3 Å². The molecule has 1 atom stereocenters. The van der Waals surface area contributed by atoms with Gasteiger partial charge in [0.15, 0.2) is 0 Å². The molecule has 0 aromatic heterocycles. The molecule has 1 N–H and O–H groups in total. The Morgan fingerprint density at radius 2 is 2.00 bits per heavy atom. The number of para-hydroxylation sites is 1. The van der Waals surface area contributed by atoms with Crippen LogP contribution in [0, 0.1) is 5.92 Å². The number of carbonyl (C=O) groups is 2. The number of piperidine rings is 1. The first kappa shape index (κ1) is 16.3. The van der Waals surface area contributed by atoms with E-state index in [1.165, 1.54) is 0 Å². The Hall–Kier alpha value is -2.08. The number of nitrogens with zero attached hydrogens (tertiary/aromatic N) is 1. The van der Waals surface area contributed by atoms with E-state index in [0.717, 1.165) is 12.2 Å². The normalized spacial score (nSPS) is 18.0. The van der Waals surface area contributed by atoms with Gasteiger partial charge in [0, 0.05) is 13.1 Å². The third-order valence-corrected chi connectivity index (χ3v) is 3.59. The summed E-state index contributed by atoms with van der Waals surface area (Å²) in [6.45, 7) is 1.53. The van der Waals surface area contributed by atoms with Crippen molar-refractivity contribution in [3.8, 4) is 5.75 Å². The number of hydrogen-bond donors (Lipinski definition) is 1. The van der Waals surface area contributed by atoms with Gasteiger partial charge in [-0.2, -0.15) is 0 Å². The Labute approximate surface area is 129 Å². The van der Waals surface area contributed by atoms with Crippen LogP contribution < -0.4 is 4.74 Å². The Morgan fingerprint density at radius 1 is 1.23 bits per heavy atom. The number of likely N-dealkylation sites (tertiary alicyclic amines) is 1. The van der Waals surface area contributed by atoms with Gasteiger partial charge < -0.3 is 19.5 Å². The minimum atomic E-state index is -0.838. The van der Waals surface area contributed by atoms with Crippen molar-refractivity contribution in [3.05, 3.63) is 30.3 Å². The SMILES string of the molecule is O=C(O)C1CCCN(C(=O)COCCOc2ccccc2)C1. The van der Waals surface area contributed by atoms with E-state index in [9.17, 15) is 9.59 Å². The van der Waals surface area contributed by atoms with E-state index in [1.54, 1.807) is 4.90 Å². The van der Waals surface area contributed by atoms with Crippen LogP contribution in [0.2, 0.25) is 0 Å². The number of benzene rings is 1. The highest BCUT2D eigenvalue weighted by Crippen LogP contribution is 2.16. The summed E-state index contributed by atoms with van der Waals surface area (Å²) in [5, 5.41) is 9.01. The fourth-order valence-electron chi connectivity index (χ4n) is 2.39. The monoisotopic (exact) mass is 307 g/mol. The van der Waals surface area contributed by atoms with Gasteiger partial charge in [-0.05, 0) is 25.0 Å². The first-order chi connectivity index (χ1) is 10.7. The molecule has 0 aliphatic carbocycles. The van der Waals surface area contributed by atoms with Crippen molar-refractivity contribution in [2.45, 2.75) is 12.8 Å². The van der Waals surface area contributed by atoms with Crippen LogP contribution in [0.4, 0.5) is 0 Å². The predicted octanol–water partition coefficient (Wildman–Crippen LogP) is 1.41. The summed E-state index contributed by atoms with van der Waals surface area (Å²) in [7, 11) is 0. The molecule has 1 unspecified atom stereocenters.